The summed E-state index contributed by atoms with van der Waals surface area (Å²) in [6.07, 6.45) is 10.7. The summed E-state index contributed by atoms with van der Waals surface area (Å²) >= 11 is 0. The summed E-state index contributed by atoms with van der Waals surface area (Å²) in [5.41, 5.74) is 1.17. The van der Waals surface area contributed by atoms with Crippen LogP contribution in [-0.4, -0.2) is 14.7 Å². The fourth-order valence-electron chi connectivity index (χ4n) is 1.26. The van der Waals surface area contributed by atoms with Crippen molar-refractivity contribution in [2.75, 3.05) is 0 Å². The van der Waals surface area contributed by atoms with Crippen LogP contribution in [0.2, 0.25) is 0 Å². The van der Waals surface area contributed by atoms with E-state index in [1.165, 1.54) is 5.70 Å². The molecule has 12 heavy (non-hydrogen) atoms. The van der Waals surface area contributed by atoms with Gasteiger partial charge in [0.25, 0.3) is 0 Å². The van der Waals surface area contributed by atoms with Gasteiger partial charge in [0.2, 0.25) is 0 Å². The predicted octanol–water partition coefficient (Wildman–Crippen LogP) is 1.96. The van der Waals surface area contributed by atoms with Gasteiger partial charge in [0.05, 0.1) is 12.1 Å². The lowest BCUT2D eigenvalue weighted by molar-refractivity contribution is 0.387. The monoisotopic (exact) mass is 162 g/mol. The molecule has 0 atom stereocenters. The van der Waals surface area contributed by atoms with Crippen LogP contribution in [0.4, 0.5) is 0 Å². The molecule has 3 heteroatoms. The van der Waals surface area contributed by atoms with Gasteiger partial charge in [0.15, 0.2) is 0 Å². The van der Waals surface area contributed by atoms with E-state index in [4.69, 9.17) is 5.11 Å². The number of allylic oxidation sites excluding steroid dienone is 4. The molecule has 1 aromatic rings. The number of imidazole rings is 1. The second kappa shape index (κ2) is 2.85. The summed E-state index contributed by atoms with van der Waals surface area (Å²) in [5, 5.41) is 9.12. The first-order chi connectivity index (χ1) is 5.86. The van der Waals surface area contributed by atoms with Gasteiger partial charge in [-0.05, 0) is 18.6 Å². The number of aromatic nitrogens is 2. The summed E-state index contributed by atoms with van der Waals surface area (Å²) in [6.45, 7) is 0. The van der Waals surface area contributed by atoms with Crippen LogP contribution in [-0.2, 0) is 0 Å². The predicted molar refractivity (Wildman–Crippen MR) is 46.4 cm³/mol. The molecule has 0 spiro atoms. The van der Waals surface area contributed by atoms with Crippen molar-refractivity contribution in [3.63, 3.8) is 0 Å². The van der Waals surface area contributed by atoms with Gasteiger partial charge in [-0.15, -0.1) is 0 Å². The van der Waals surface area contributed by atoms with Gasteiger partial charge in [-0.25, -0.2) is 4.98 Å². The highest BCUT2D eigenvalue weighted by Gasteiger charge is 2.05. The third kappa shape index (κ3) is 1.25. The highest BCUT2D eigenvalue weighted by molar-refractivity contribution is 5.50. The van der Waals surface area contributed by atoms with E-state index in [1.54, 1.807) is 18.6 Å². The molecule has 1 heterocycles. The summed E-state index contributed by atoms with van der Waals surface area (Å²) in [6, 6.07) is 0. The lowest BCUT2D eigenvalue weighted by atomic mass is 10.1. The quantitative estimate of drug-likeness (QED) is 0.685. The van der Waals surface area contributed by atoms with Gasteiger partial charge in [0, 0.05) is 24.5 Å². The van der Waals surface area contributed by atoms with Crippen molar-refractivity contribution >= 4 is 5.70 Å². The molecule has 0 saturated heterocycles. The Hall–Kier alpha value is -1.51. The summed E-state index contributed by atoms with van der Waals surface area (Å²) in [5.74, 6) is 0.457. The third-order valence-corrected chi connectivity index (χ3v) is 1.94. The van der Waals surface area contributed by atoms with Crippen molar-refractivity contribution in [1.29, 1.82) is 0 Å². The molecule has 0 bridgehead atoms. The van der Waals surface area contributed by atoms with Gasteiger partial charge in [0.1, 0.15) is 0 Å². The van der Waals surface area contributed by atoms with Gasteiger partial charge >= 0.3 is 0 Å². The Labute approximate surface area is 70.7 Å². The topological polar surface area (TPSA) is 38.0 Å². The molecular weight excluding hydrogens is 152 g/mol. The molecule has 0 aromatic carbocycles. The fourth-order valence-corrected chi connectivity index (χ4v) is 1.26. The van der Waals surface area contributed by atoms with E-state index in [0.717, 1.165) is 12.8 Å². The van der Waals surface area contributed by atoms with Crippen LogP contribution in [0.3, 0.4) is 0 Å². The van der Waals surface area contributed by atoms with Crippen LogP contribution >= 0.6 is 0 Å². The van der Waals surface area contributed by atoms with Gasteiger partial charge in [-0.3, -0.25) is 0 Å². The minimum Gasteiger partial charge on any atom is -0.512 e. The zero-order chi connectivity index (χ0) is 8.39. The summed E-state index contributed by atoms with van der Waals surface area (Å²) in [7, 11) is 0. The van der Waals surface area contributed by atoms with Crippen molar-refractivity contribution in [3.05, 3.63) is 36.6 Å². The van der Waals surface area contributed by atoms with E-state index < -0.39 is 0 Å². The normalized spacial score (nSPS) is 17.0. The van der Waals surface area contributed by atoms with Crippen LogP contribution < -0.4 is 0 Å². The zero-order valence-corrected chi connectivity index (χ0v) is 6.64. The lowest BCUT2D eigenvalue weighted by Crippen LogP contribution is -1.98. The first kappa shape index (κ1) is 7.16. The smallest absolute Gasteiger partial charge is 0.0989 e. The molecule has 1 aliphatic rings. The maximum atomic E-state index is 9.12. The molecule has 0 fully saturated rings. The van der Waals surface area contributed by atoms with Gasteiger partial charge in [-0.1, -0.05) is 0 Å². The number of nitrogens with zero attached hydrogens (tertiary/aromatic N) is 2. The Bertz CT molecular complexity index is 322. The molecule has 3 nitrogen and oxygen atoms in total. The van der Waals surface area contributed by atoms with Crippen LogP contribution in [0.5, 0.6) is 0 Å². The van der Waals surface area contributed by atoms with E-state index in [9.17, 15) is 0 Å². The first-order valence-electron chi connectivity index (χ1n) is 3.93. The number of aliphatic hydroxyl groups is 1. The van der Waals surface area contributed by atoms with E-state index in [-0.39, 0.29) is 0 Å². The fraction of sp³-hybridized carbons (Fsp3) is 0.222. The molecule has 2 rings (SSSR count). The van der Waals surface area contributed by atoms with Gasteiger partial charge < -0.3 is 9.67 Å². The molecule has 0 saturated carbocycles. The van der Waals surface area contributed by atoms with E-state index in [2.05, 4.69) is 4.98 Å². The highest BCUT2D eigenvalue weighted by Crippen LogP contribution is 2.19. The largest absolute Gasteiger partial charge is 0.512 e. The van der Waals surface area contributed by atoms with Gasteiger partial charge in [-0.2, -0.15) is 0 Å². The van der Waals surface area contributed by atoms with Crippen LogP contribution in [0.15, 0.2) is 36.6 Å². The van der Waals surface area contributed by atoms with Crippen molar-refractivity contribution in [3.8, 4) is 0 Å². The van der Waals surface area contributed by atoms with Crippen molar-refractivity contribution in [2.24, 2.45) is 0 Å². The minimum atomic E-state index is 0.457. The van der Waals surface area contributed by atoms with Crippen LogP contribution in [0.25, 0.3) is 5.70 Å². The van der Waals surface area contributed by atoms with E-state index in [0.29, 0.717) is 5.76 Å². The molecule has 1 aliphatic carbocycles. The van der Waals surface area contributed by atoms with E-state index in [1.807, 2.05) is 16.8 Å². The molecule has 1 N–H and O–H groups in total. The number of hydrogen-bond donors (Lipinski definition) is 1. The highest BCUT2D eigenvalue weighted by atomic mass is 16.3. The standard InChI is InChI=1S/C9H10N2O/c12-9-3-1-8(2-4-9)11-6-5-10-7-11/h1,3,5-7,12H,2,4H2. The maximum Gasteiger partial charge on any atom is 0.0989 e. The summed E-state index contributed by atoms with van der Waals surface area (Å²) in [4.78, 5) is 3.96. The Kier molecular flexibility index (Phi) is 1.70. The van der Waals surface area contributed by atoms with Crippen molar-refractivity contribution in [2.45, 2.75) is 12.8 Å². The second-order valence-corrected chi connectivity index (χ2v) is 2.79. The maximum absolute atomic E-state index is 9.12. The Balaban J connectivity index is 2.27. The molecule has 62 valence electrons. The Morgan fingerprint density at radius 1 is 1.33 bits per heavy atom. The first-order valence-corrected chi connectivity index (χ1v) is 3.93. The molecule has 1 aromatic heterocycles. The van der Waals surface area contributed by atoms with Crippen LogP contribution in [0, 0.1) is 0 Å². The Morgan fingerprint density at radius 3 is 2.83 bits per heavy atom. The zero-order valence-electron chi connectivity index (χ0n) is 6.64. The second-order valence-electron chi connectivity index (χ2n) is 2.79. The number of aliphatic hydroxyl groups excluding tert-OH is 1. The lowest BCUT2D eigenvalue weighted by Gasteiger charge is -2.11. The molecule has 0 amide bonds. The SMILES string of the molecule is OC1=CC=C(n2ccnc2)CC1. The Morgan fingerprint density at radius 2 is 2.25 bits per heavy atom. The molecular formula is C9H10N2O. The van der Waals surface area contributed by atoms with Crippen molar-refractivity contribution < 1.29 is 5.11 Å². The molecule has 0 radical (unpaired) electrons. The average Bonchev–Trinajstić information content (AvgIpc) is 2.58. The number of rotatable bonds is 1. The minimum absolute atomic E-state index is 0.457. The molecule has 0 aliphatic heterocycles. The number of hydrogen-bond acceptors (Lipinski definition) is 2. The summed E-state index contributed by atoms with van der Waals surface area (Å²) < 4.78 is 1.96. The van der Waals surface area contributed by atoms with Crippen molar-refractivity contribution in [1.82, 2.24) is 9.55 Å². The van der Waals surface area contributed by atoms with E-state index >= 15 is 0 Å². The third-order valence-electron chi connectivity index (χ3n) is 1.94. The average molecular weight is 162 g/mol. The molecule has 0 unspecified atom stereocenters. The van der Waals surface area contributed by atoms with Crippen LogP contribution in [0.1, 0.15) is 12.8 Å².